The van der Waals surface area contributed by atoms with Gasteiger partial charge in [-0.05, 0) is 63.6 Å². The monoisotopic (exact) mass is 605 g/mol. The van der Waals surface area contributed by atoms with Crippen LogP contribution >= 0.6 is 0 Å². The van der Waals surface area contributed by atoms with Crippen molar-refractivity contribution in [3.8, 4) is 0 Å². The van der Waals surface area contributed by atoms with Gasteiger partial charge in [0.2, 0.25) is 0 Å². The number of aliphatic carboxylic acids is 2. The van der Waals surface area contributed by atoms with Crippen molar-refractivity contribution >= 4 is 35.3 Å². The Morgan fingerprint density at radius 2 is 1.59 bits per heavy atom. The first-order valence-corrected chi connectivity index (χ1v) is 14.6. The Hall–Kier alpha value is -4.84. The Kier molecular flexibility index (Phi) is 10.6. The number of ether oxygens (including phenoxy) is 1. The van der Waals surface area contributed by atoms with Gasteiger partial charge >= 0.3 is 23.9 Å². The van der Waals surface area contributed by atoms with E-state index in [0.717, 1.165) is 44.8 Å². The van der Waals surface area contributed by atoms with Gasteiger partial charge in [-0.15, -0.1) is 0 Å². The van der Waals surface area contributed by atoms with Crippen LogP contribution in [-0.4, -0.2) is 84.9 Å². The molecular weight excluding hydrogens is 566 g/mol. The third-order valence-electron chi connectivity index (χ3n) is 7.75. The highest BCUT2D eigenvalue weighted by Gasteiger charge is 2.36. The molecular formula is C32H39N5O7. The maximum absolute atomic E-state index is 12.6. The van der Waals surface area contributed by atoms with Gasteiger partial charge in [-0.3, -0.25) is 4.90 Å². The number of rotatable bonds is 11. The number of nitrogens with one attached hydrogen (secondary N) is 3. The van der Waals surface area contributed by atoms with Crippen LogP contribution in [0, 0.1) is 0 Å². The summed E-state index contributed by atoms with van der Waals surface area (Å²) < 4.78 is 5.21. The highest BCUT2D eigenvalue weighted by molar-refractivity contribution is 5.99. The molecule has 0 radical (unpaired) electrons. The molecule has 0 unspecified atom stereocenters. The summed E-state index contributed by atoms with van der Waals surface area (Å²) in [5, 5.41) is 28.2. The predicted molar refractivity (Wildman–Crippen MR) is 166 cm³/mol. The van der Waals surface area contributed by atoms with Crippen LogP contribution in [0.2, 0.25) is 0 Å². The van der Waals surface area contributed by atoms with Crippen LogP contribution in [0.1, 0.15) is 49.0 Å². The minimum atomic E-state index is -1.22. The molecule has 234 valence electrons. The number of carbonyl (C=O) groups excluding carboxylic acids is 2. The highest BCUT2D eigenvalue weighted by Crippen LogP contribution is 2.39. The van der Waals surface area contributed by atoms with Gasteiger partial charge in [-0.1, -0.05) is 24.3 Å². The molecule has 2 amide bonds. The molecule has 2 heterocycles. The quantitative estimate of drug-likeness (QED) is 0.189. The molecule has 2 aromatic carbocycles. The number of urea groups is 1. The Morgan fingerprint density at radius 1 is 0.932 bits per heavy atom. The summed E-state index contributed by atoms with van der Waals surface area (Å²) in [6.07, 6.45) is 0.736. The molecule has 5 N–H and O–H groups in total. The summed E-state index contributed by atoms with van der Waals surface area (Å²) >= 11 is 0. The van der Waals surface area contributed by atoms with Crippen molar-refractivity contribution in [2.45, 2.75) is 33.1 Å². The number of dihydropyridines is 1. The summed E-state index contributed by atoms with van der Waals surface area (Å²) in [5.41, 5.74) is 2.93. The molecule has 2 aliphatic rings. The molecule has 4 rings (SSSR count). The second kappa shape index (κ2) is 14.6. The number of amides is 2. The van der Waals surface area contributed by atoms with Crippen molar-refractivity contribution in [3.05, 3.63) is 82.2 Å². The number of para-hydroxylation sites is 1. The standard InChI is InChI=1S/C32H39N5O7/c1-4-44-31(42)24-11-5-6-12-25(24)37-17-15-36(16-18-37)14-8-13-33-32(43)35-23-10-7-9-22(19-23)28-26(29(38)39)20(2)34-21(3)27(28)30(40)41/h5-7,9-12,19,28,34H,4,8,13-18H2,1-3H3,(H,38,39)(H,40,41)(H2,33,35,43). The van der Waals surface area contributed by atoms with Gasteiger partial charge in [0.05, 0.1) is 34.9 Å². The van der Waals surface area contributed by atoms with Gasteiger partial charge in [-0.25, -0.2) is 19.2 Å². The van der Waals surface area contributed by atoms with Crippen molar-refractivity contribution in [2.24, 2.45) is 0 Å². The van der Waals surface area contributed by atoms with E-state index in [1.807, 2.05) is 18.2 Å². The van der Waals surface area contributed by atoms with Crippen LogP contribution < -0.4 is 20.9 Å². The largest absolute Gasteiger partial charge is 0.478 e. The van der Waals surface area contributed by atoms with E-state index in [4.69, 9.17) is 4.74 Å². The molecule has 12 nitrogen and oxygen atoms in total. The molecule has 44 heavy (non-hydrogen) atoms. The third-order valence-corrected chi connectivity index (χ3v) is 7.75. The number of carboxylic acids is 2. The lowest BCUT2D eigenvalue weighted by Gasteiger charge is -2.36. The number of esters is 1. The van der Waals surface area contributed by atoms with E-state index < -0.39 is 23.9 Å². The summed E-state index contributed by atoms with van der Waals surface area (Å²) in [5.74, 6) is -3.76. The lowest BCUT2D eigenvalue weighted by atomic mass is 9.80. The molecule has 0 bridgehead atoms. The fourth-order valence-electron chi connectivity index (χ4n) is 5.71. The zero-order chi connectivity index (χ0) is 31.8. The van der Waals surface area contributed by atoms with Crippen LogP contribution in [-0.2, 0) is 14.3 Å². The Morgan fingerprint density at radius 3 is 2.23 bits per heavy atom. The van der Waals surface area contributed by atoms with Gasteiger partial charge in [0.25, 0.3) is 0 Å². The van der Waals surface area contributed by atoms with Gasteiger partial charge in [0.1, 0.15) is 0 Å². The molecule has 0 saturated carbocycles. The number of carboxylic acid groups (broad SMARTS) is 2. The topological polar surface area (TPSA) is 161 Å². The van der Waals surface area contributed by atoms with Gasteiger partial charge < -0.3 is 35.8 Å². The number of allylic oxidation sites excluding steroid dienone is 2. The number of nitrogens with zero attached hydrogens (tertiary/aromatic N) is 2. The van der Waals surface area contributed by atoms with E-state index >= 15 is 0 Å². The van der Waals surface area contributed by atoms with Crippen molar-refractivity contribution < 1.29 is 34.1 Å². The lowest BCUT2D eigenvalue weighted by molar-refractivity contribution is -0.133. The number of benzene rings is 2. The first-order valence-electron chi connectivity index (χ1n) is 14.6. The molecule has 1 saturated heterocycles. The Labute approximate surface area is 256 Å². The smallest absolute Gasteiger partial charge is 0.340 e. The molecule has 2 aromatic rings. The normalized spacial score (nSPS) is 15.9. The SMILES string of the molecule is CCOC(=O)c1ccccc1N1CCN(CCCNC(=O)Nc2cccc(C3C(C(=O)O)=C(C)NC(C)=C3C(=O)O)c2)CC1. The fraction of sp³-hybridized carbons (Fsp3) is 0.375. The molecule has 12 heteroatoms. The molecule has 2 aliphatic heterocycles. The molecule has 0 aromatic heterocycles. The number of anilines is 2. The van der Waals surface area contributed by atoms with E-state index in [-0.39, 0.29) is 17.1 Å². The number of carbonyl (C=O) groups is 4. The predicted octanol–water partition coefficient (Wildman–Crippen LogP) is 3.60. The van der Waals surface area contributed by atoms with E-state index in [1.165, 1.54) is 0 Å². The molecule has 1 fully saturated rings. The average Bonchev–Trinajstić information content (AvgIpc) is 2.99. The molecule has 0 aliphatic carbocycles. The van der Waals surface area contributed by atoms with Crippen molar-refractivity contribution in [1.29, 1.82) is 0 Å². The first-order chi connectivity index (χ1) is 21.1. The molecule has 0 atom stereocenters. The summed E-state index contributed by atoms with van der Waals surface area (Å²) in [6.45, 7) is 9.75. The van der Waals surface area contributed by atoms with Crippen molar-refractivity contribution in [1.82, 2.24) is 15.5 Å². The van der Waals surface area contributed by atoms with Crippen LogP contribution in [0.3, 0.4) is 0 Å². The van der Waals surface area contributed by atoms with Crippen molar-refractivity contribution in [2.75, 3.05) is 56.1 Å². The minimum absolute atomic E-state index is 0.0568. The second-order valence-electron chi connectivity index (χ2n) is 10.7. The van der Waals surface area contributed by atoms with Crippen LogP contribution in [0.4, 0.5) is 16.2 Å². The molecule has 0 spiro atoms. The summed E-state index contributed by atoms with van der Waals surface area (Å²) in [4.78, 5) is 53.6. The maximum atomic E-state index is 12.6. The lowest BCUT2D eigenvalue weighted by Crippen LogP contribution is -2.47. The van der Waals surface area contributed by atoms with Gasteiger partial charge in [0.15, 0.2) is 0 Å². The number of piperazine rings is 1. The summed E-state index contributed by atoms with van der Waals surface area (Å²) in [7, 11) is 0. The van der Waals surface area contributed by atoms with Gasteiger partial charge in [-0.2, -0.15) is 0 Å². The third kappa shape index (κ3) is 7.56. The van der Waals surface area contributed by atoms with Crippen LogP contribution in [0.5, 0.6) is 0 Å². The second-order valence-corrected chi connectivity index (χ2v) is 10.7. The Bertz CT molecular complexity index is 1440. The van der Waals surface area contributed by atoms with Crippen LogP contribution in [0.25, 0.3) is 0 Å². The first kappa shape index (κ1) is 32.1. The highest BCUT2D eigenvalue weighted by atomic mass is 16.5. The van der Waals surface area contributed by atoms with E-state index in [2.05, 4.69) is 25.8 Å². The Balaban J connectivity index is 1.28. The maximum Gasteiger partial charge on any atom is 0.340 e. The fourth-order valence-corrected chi connectivity index (χ4v) is 5.71. The van der Waals surface area contributed by atoms with E-state index in [9.17, 15) is 29.4 Å². The van der Waals surface area contributed by atoms with E-state index in [0.29, 0.717) is 41.4 Å². The van der Waals surface area contributed by atoms with Crippen LogP contribution in [0.15, 0.2) is 71.1 Å². The van der Waals surface area contributed by atoms with Gasteiger partial charge in [0, 0.05) is 49.8 Å². The zero-order valence-corrected chi connectivity index (χ0v) is 25.2. The van der Waals surface area contributed by atoms with Crippen molar-refractivity contribution in [3.63, 3.8) is 0 Å². The number of hydrogen-bond donors (Lipinski definition) is 5. The minimum Gasteiger partial charge on any atom is -0.478 e. The van der Waals surface area contributed by atoms with E-state index in [1.54, 1.807) is 51.1 Å². The average molecular weight is 606 g/mol. The summed E-state index contributed by atoms with van der Waals surface area (Å²) in [6, 6.07) is 13.6. The zero-order valence-electron chi connectivity index (χ0n) is 25.2. The number of hydrogen-bond acceptors (Lipinski definition) is 8.